The van der Waals surface area contributed by atoms with Crippen molar-refractivity contribution >= 4 is 0 Å². The maximum Gasteiger partial charge on any atom is 0.164 e. The monoisotopic (exact) mass is 182 g/mol. The highest BCUT2D eigenvalue weighted by molar-refractivity contribution is 4.89. The molecule has 0 aromatic carbocycles. The summed E-state index contributed by atoms with van der Waals surface area (Å²) in [6.45, 7) is 7.63. The minimum Gasteiger partial charge on any atom is -0.340 e. The second-order valence-electron chi connectivity index (χ2n) is 3.29. The lowest BCUT2D eigenvalue weighted by atomic mass is 10.3. The van der Waals surface area contributed by atoms with Gasteiger partial charge in [-0.25, -0.2) is 4.98 Å². The standard InChI is InChI=1S/C10H19N3/c1-3-5-7-13-8-6-12-10(13)9-11-4-2/h6,8,11H,3-5,7,9H2,1-2H3/p+1. The first-order valence-electron chi connectivity index (χ1n) is 5.20. The highest BCUT2D eigenvalue weighted by atomic mass is 15.1. The van der Waals surface area contributed by atoms with Crippen LogP contribution in [0.2, 0.25) is 0 Å². The van der Waals surface area contributed by atoms with Gasteiger partial charge in [0.1, 0.15) is 6.54 Å². The average molecular weight is 182 g/mol. The summed E-state index contributed by atoms with van der Waals surface area (Å²) in [5.74, 6) is 1.20. The molecule has 0 spiro atoms. The number of nitrogens with zero attached hydrogens (tertiary/aromatic N) is 2. The van der Waals surface area contributed by atoms with Crippen molar-refractivity contribution in [2.45, 2.75) is 39.8 Å². The fraction of sp³-hybridized carbons (Fsp3) is 0.700. The lowest BCUT2D eigenvalue weighted by Gasteiger charge is -2.04. The van der Waals surface area contributed by atoms with Crippen molar-refractivity contribution in [2.24, 2.45) is 0 Å². The Morgan fingerprint density at radius 3 is 3.00 bits per heavy atom. The molecular weight excluding hydrogens is 162 g/mol. The second kappa shape index (κ2) is 5.75. The Hall–Kier alpha value is -0.830. The van der Waals surface area contributed by atoms with Crippen LogP contribution in [0.1, 0.15) is 32.5 Å². The predicted octanol–water partition coefficient (Wildman–Crippen LogP) is 0.766. The molecule has 0 aliphatic heterocycles. The summed E-state index contributed by atoms with van der Waals surface area (Å²) in [5.41, 5.74) is 0. The molecule has 74 valence electrons. The van der Waals surface area contributed by atoms with E-state index in [1.165, 1.54) is 18.7 Å². The van der Waals surface area contributed by atoms with Crippen molar-refractivity contribution in [3.63, 3.8) is 0 Å². The molecule has 0 unspecified atom stereocenters. The van der Waals surface area contributed by atoms with Gasteiger partial charge in [-0.2, -0.15) is 0 Å². The van der Waals surface area contributed by atoms with E-state index in [0.29, 0.717) is 0 Å². The van der Waals surface area contributed by atoms with Crippen molar-refractivity contribution in [3.8, 4) is 0 Å². The number of rotatable bonds is 6. The van der Waals surface area contributed by atoms with E-state index in [9.17, 15) is 0 Å². The summed E-state index contributed by atoms with van der Waals surface area (Å²) < 4.78 is 2.26. The zero-order valence-electron chi connectivity index (χ0n) is 8.66. The van der Waals surface area contributed by atoms with Gasteiger partial charge in [0.05, 0.1) is 6.54 Å². The predicted molar refractivity (Wildman–Crippen MR) is 53.3 cm³/mol. The summed E-state index contributed by atoms with van der Waals surface area (Å²) in [5, 5.41) is 2.27. The van der Waals surface area contributed by atoms with Gasteiger partial charge in [-0.05, 0) is 13.3 Å². The lowest BCUT2D eigenvalue weighted by molar-refractivity contribution is -0.668. The van der Waals surface area contributed by atoms with Gasteiger partial charge < -0.3 is 9.88 Å². The van der Waals surface area contributed by atoms with Gasteiger partial charge >= 0.3 is 0 Å². The van der Waals surface area contributed by atoms with Crippen molar-refractivity contribution < 1.29 is 5.32 Å². The largest absolute Gasteiger partial charge is 0.340 e. The fourth-order valence-electron chi connectivity index (χ4n) is 1.34. The van der Waals surface area contributed by atoms with Crippen molar-refractivity contribution in [1.82, 2.24) is 9.55 Å². The van der Waals surface area contributed by atoms with Gasteiger partial charge in [0.25, 0.3) is 0 Å². The Bertz CT molecular complexity index is 207. The van der Waals surface area contributed by atoms with Crippen molar-refractivity contribution in [1.29, 1.82) is 0 Å². The molecule has 3 nitrogen and oxygen atoms in total. The number of nitrogens with two attached hydrogens (primary N) is 1. The molecule has 3 heteroatoms. The molecular formula is C10H20N3+. The van der Waals surface area contributed by atoms with Crippen LogP contribution in [0.4, 0.5) is 0 Å². The zero-order valence-corrected chi connectivity index (χ0v) is 8.66. The first kappa shape index (κ1) is 10.3. The first-order valence-corrected chi connectivity index (χ1v) is 5.20. The van der Waals surface area contributed by atoms with E-state index in [1.807, 2.05) is 6.20 Å². The van der Waals surface area contributed by atoms with E-state index in [4.69, 9.17) is 0 Å². The van der Waals surface area contributed by atoms with Gasteiger partial charge in [-0.1, -0.05) is 13.3 Å². The molecule has 1 rings (SSSR count). The molecule has 0 saturated carbocycles. The van der Waals surface area contributed by atoms with Crippen LogP contribution in [0, 0.1) is 0 Å². The van der Waals surface area contributed by atoms with Gasteiger partial charge in [0.2, 0.25) is 0 Å². The Kier molecular flexibility index (Phi) is 4.54. The molecule has 0 saturated heterocycles. The Labute approximate surface area is 80.2 Å². The van der Waals surface area contributed by atoms with Crippen LogP contribution in [0.25, 0.3) is 0 Å². The minimum atomic E-state index is 1.01. The summed E-state index contributed by atoms with van der Waals surface area (Å²) in [6, 6.07) is 0. The van der Waals surface area contributed by atoms with E-state index in [-0.39, 0.29) is 0 Å². The third-order valence-corrected chi connectivity index (χ3v) is 2.17. The van der Waals surface area contributed by atoms with Gasteiger partial charge in [-0.3, -0.25) is 0 Å². The maximum absolute atomic E-state index is 4.34. The third-order valence-electron chi connectivity index (χ3n) is 2.17. The van der Waals surface area contributed by atoms with Crippen molar-refractivity contribution in [3.05, 3.63) is 18.2 Å². The van der Waals surface area contributed by atoms with E-state index >= 15 is 0 Å². The first-order chi connectivity index (χ1) is 6.38. The molecule has 0 aliphatic rings. The summed E-state index contributed by atoms with van der Waals surface area (Å²) >= 11 is 0. The average Bonchev–Trinajstić information content (AvgIpc) is 2.59. The van der Waals surface area contributed by atoms with Gasteiger partial charge in [-0.15, -0.1) is 0 Å². The Morgan fingerprint density at radius 2 is 2.31 bits per heavy atom. The Morgan fingerprint density at radius 1 is 1.46 bits per heavy atom. The number of hydrogen-bond donors (Lipinski definition) is 1. The summed E-state index contributed by atoms with van der Waals surface area (Å²) in [6.07, 6.45) is 6.47. The lowest BCUT2D eigenvalue weighted by Crippen LogP contribution is -2.82. The number of unbranched alkanes of at least 4 members (excludes halogenated alkanes) is 1. The molecule has 1 aromatic heterocycles. The van der Waals surface area contributed by atoms with Crippen LogP contribution >= 0.6 is 0 Å². The van der Waals surface area contributed by atoms with Crippen LogP contribution in [0.15, 0.2) is 12.4 Å². The molecule has 2 N–H and O–H groups in total. The van der Waals surface area contributed by atoms with E-state index in [0.717, 1.165) is 19.6 Å². The maximum atomic E-state index is 4.34. The van der Waals surface area contributed by atoms with E-state index in [1.54, 1.807) is 0 Å². The second-order valence-corrected chi connectivity index (χ2v) is 3.29. The molecule has 0 aliphatic carbocycles. The molecule has 0 amide bonds. The number of aromatic nitrogens is 2. The van der Waals surface area contributed by atoms with E-state index in [2.05, 4.69) is 34.9 Å². The van der Waals surface area contributed by atoms with Crippen molar-refractivity contribution in [2.75, 3.05) is 6.54 Å². The summed E-state index contributed by atoms with van der Waals surface area (Å²) in [7, 11) is 0. The minimum absolute atomic E-state index is 1.01. The number of aryl methyl sites for hydroxylation is 1. The SMILES string of the molecule is CCCCn1ccnc1C[NH2+]CC. The highest BCUT2D eigenvalue weighted by Gasteiger charge is 2.02. The fourth-order valence-corrected chi connectivity index (χ4v) is 1.34. The van der Waals surface area contributed by atoms with Crippen LogP contribution in [0.3, 0.4) is 0 Å². The van der Waals surface area contributed by atoms with Crippen LogP contribution in [-0.2, 0) is 13.1 Å². The molecule has 0 fully saturated rings. The quantitative estimate of drug-likeness (QED) is 0.692. The van der Waals surface area contributed by atoms with Crippen LogP contribution in [-0.4, -0.2) is 16.1 Å². The van der Waals surface area contributed by atoms with Gasteiger partial charge in [0, 0.05) is 18.9 Å². The molecule has 1 heterocycles. The molecule has 1 aromatic rings. The number of imidazole rings is 1. The molecule has 0 bridgehead atoms. The zero-order chi connectivity index (χ0) is 9.52. The third kappa shape index (κ3) is 3.19. The topological polar surface area (TPSA) is 34.4 Å². The van der Waals surface area contributed by atoms with Crippen LogP contribution in [0.5, 0.6) is 0 Å². The van der Waals surface area contributed by atoms with Crippen LogP contribution < -0.4 is 5.32 Å². The molecule has 0 atom stereocenters. The Balaban J connectivity index is 2.45. The molecule has 13 heavy (non-hydrogen) atoms. The van der Waals surface area contributed by atoms with E-state index < -0.39 is 0 Å². The summed E-state index contributed by atoms with van der Waals surface area (Å²) in [4.78, 5) is 4.34. The molecule has 0 radical (unpaired) electrons. The number of quaternary nitrogens is 1. The highest BCUT2D eigenvalue weighted by Crippen LogP contribution is 1.99. The normalized spacial score (nSPS) is 10.6. The van der Waals surface area contributed by atoms with Gasteiger partial charge in [0.15, 0.2) is 5.82 Å². The number of hydrogen-bond acceptors (Lipinski definition) is 1. The smallest absolute Gasteiger partial charge is 0.164 e.